The molecule has 0 unspecified atom stereocenters. The topological polar surface area (TPSA) is 72.9 Å². The highest BCUT2D eigenvalue weighted by molar-refractivity contribution is 5.92. The fraction of sp³-hybridized carbons (Fsp3) is 0.111. The number of nitrogens with two attached hydrogens (primary N) is 1. The molecule has 5 heteroatoms. The van der Waals surface area contributed by atoms with Crippen molar-refractivity contribution in [3.05, 3.63) is 24.3 Å². The molecule has 0 spiro atoms. The number of aromatic nitrogens is 2. The number of rotatable bonds is 0. The molecule has 0 saturated heterocycles. The number of anilines is 1. The van der Waals surface area contributed by atoms with Gasteiger partial charge in [0.15, 0.2) is 0 Å². The molecule has 1 aromatic carbocycles. The first-order valence-corrected chi connectivity index (χ1v) is 4.19. The summed E-state index contributed by atoms with van der Waals surface area (Å²) in [5, 5.41) is 2.50. The Bertz CT molecular complexity index is 489. The molecular weight excluding hydrogens is 180 g/mol. The Morgan fingerprint density at radius 2 is 2.21 bits per heavy atom. The van der Waals surface area contributed by atoms with Crippen LogP contribution < -0.4 is 11.1 Å². The molecule has 1 heterocycles. The van der Waals surface area contributed by atoms with Crippen molar-refractivity contribution >= 4 is 23.0 Å². The highest BCUT2D eigenvalue weighted by atomic mass is 16.2. The normalized spacial score (nSPS) is 10.4. The average Bonchev–Trinajstić information content (AvgIpc) is 2.53. The van der Waals surface area contributed by atoms with Gasteiger partial charge in [0.05, 0.1) is 11.0 Å². The smallest absolute Gasteiger partial charge is 0.328 e. The summed E-state index contributed by atoms with van der Waals surface area (Å²) >= 11 is 0. The van der Waals surface area contributed by atoms with Crippen LogP contribution in [0.4, 0.5) is 10.7 Å². The third-order valence-electron chi connectivity index (χ3n) is 2.00. The van der Waals surface area contributed by atoms with Crippen LogP contribution in [-0.2, 0) is 0 Å². The maximum atomic E-state index is 11.4. The number of nitrogens with one attached hydrogen (secondary N) is 1. The Kier molecular flexibility index (Phi) is 1.85. The minimum absolute atomic E-state index is 0.200. The van der Waals surface area contributed by atoms with Crippen LogP contribution in [-0.4, -0.2) is 22.6 Å². The number of benzene rings is 1. The Labute approximate surface area is 80.5 Å². The molecule has 1 amide bonds. The molecule has 0 fully saturated rings. The second-order valence-corrected chi connectivity index (χ2v) is 2.85. The molecule has 5 nitrogen and oxygen atoms in total. The molecule has 2 aromatic rings. The van der Waals surface area contributed by atoms with E-state index in [1.54, 1.807) is 13.1 Å². The second kappa shape index (κ2) is 3.02. The van der Waals surface area contributed by atoms with Crippen molar-refractivity contribution in [3.8, 4) is 0 Å². The minimum atomic E-state index is -0.281. The summed E-state index contributed by atoms with van der Waals surface area (Å²) in [7, 11) is 1.55. The number of amides is 1. The maximum Gasteiger partial charge on any atom is 0.328 e. The van der Waals surface area contributed by atoms with Crippen molar-refractivity contribution in [1.29, 1.82) is 0 Å². The summed E-state index contributed by atoms with van der Waals surface area (Å²) in [5.74, 6) is 0.200. The fourth-order valence-corrected chi connectivity index (χ4v) is 1.37. The second-order valence-electron chi connectivity index (χ2n) is 2.85. The van der Waals surface area contributed by atoms with Crippen LogP contribution in [0.5, 0.6) is 0 Å². The zero-order valence-electron chi connectivity index (χ0n) is 7.69. The molecule has 0 aliphatic carbocycles. The zero-order valence-corrected chi connectivity index (χ0v) is 7.69. The van der Waals surface area contributed by atoms with Gasteiger partial charge in [0.25, 0.3) is 0 Å². The van der Waals surface area contributed by atoms with Crippen molar-refractivity contribution in [3.63, 3.8) is 0 Å². The van der Waals surface area contributed by atoms with Crippen LogP contribution in [0.1, 0.15) is 0 Å². The van der Waals surface area contributed by atoms with Crippen molar-refractivity contribution in [2.24, 2.45) is 0 Å². The predicted octanol–water partition coefficient (Wildman–Crippen LogP) is 0.806. The highest BCUT2D eigenvalue weighted by Gasteiger charge is 2.12. The van der Waals surface area contributed by atoms with E-state index in [1.165, 1.54) is 4.57 Å². The number of carbonyl (C=O) groups excluding carboxylic acids is 1. The van der Waals surface area contributed by atoms with Gasteiger partial charge in [-0.15, -0.1) is 0 Å². The number of carbonyl (C=O) groups is 1. The first-order chi connectivity index (χ1) is 6.74. The number of fused-ring (bicyclic) bond motifs is 1. The monoisotopic (exact) mass is 190 g/mol. The van der Waals surface area contributed by atoms with Crippen LogP contribution >= 0.6 is 0 Å². The van der Waals surface area contributed by atoms with Crippen molar-refractivity contribution in [2.75, 3.05) is 12.8 Å². The lowest BCUT2D eigenvalue weighted by molar-refractivity contribution is 0.245. The Balaban J connectivity index is 2.74. The third kappa shape index (κ3) is 1.10. The summed E-state index contributed by atoms with van der Waals surface area (Å²) < 4.78 is 1.34. The molecule has 0 radical (unpaired) electrons. The molecule has 1 aromatic heterocycles. The van der Waals surface area contributed by atoms with E-state index in [1.807, 2.05) is 18.2 Å². The fourth-order valence-electron chi connectivity index (χ4n) is 1.37. The lowest BCUT2D eigenvalue weighted by atomic mass is 10.3. The predicted molar refractivity (Wildman–Crippen MR) is 54.0 cm³/mol. The quantitative estimate of drug-likeness (QED) is 0.645. The standard InChI is InChI=1S/C9H10N4O/c1-11-9(14)13-7-5-3-2-4-6(7)12-8(13)10/h2-5H,1H3,(H2,10,12)(H,11,14). The van der Waals surface area contributed by atoms with Crippen LogP contribution in [0.3, 0.4) is 0 Å². The zero-order chi connectivity index (χ0) is 10.1. The molecule has 0 aliphatic rings. The largest absolute Gasteiger partial charge is 0.369 e. The molecule has 14 heavy (non-hydrogen) atoms. The van der Waals surface area contributed by atoms with Crippen LogP contribution in [0.15, 0.2) is 24.3 Å². The number of imidazole rings is 1. The number of hydrogen-bond acceptors (Lipinski definition) is 3. The minimum Gasteiger partial charge on any atom is -0.369 e. The van der Waals surface area contributed by atoms with E-state index in [4.69, 9.17) is 5.73 Å². The lowest BCUT2D eigenvalue weighted by Crippen LogP contribution is -2.25. The van der Waals surface area contributed by atoms with Gasteiger partial charge in [0.1, 0.15) is 0 Å². The van der Waals surface area contributed by atoms with E-state index in [2.05, 4.69) is 10.3 Å². The van der Waals surface area contributed by atoms with E-state index in [-0.39, 0.29) is 12.0 Å². The van der Waals surface area contributed by atoms with E-state index in [0.717, 1.165) is 0 Å². The Morgan fingerprint density at radius 1 is 1.50 bits per heavy atom. The van der Waals surface area contributed by atoms with Crippen LogP contribution in [0.25, 0.3) is 11.0 Å². The van der Waals surface area contributed by atoms with Gasteiger partial charge >= 0.3 is 6.03 Å². The lowest BCUT2D eigenvalue weighted by Gasteiger charge is -2.02. The van der Waals surface area contributed by atoms with E-state index in [0.29, 0.717) is 11.0 Å². The summed E-state index contributed by atoms with van der Waals surface area (Å²) in [5.41, 5.74) is 7.05. The Morgan fingerprint density at radius 3 is 2.93 bits per heavy atom. The van der Waals surface area contributed by atoms with Crippen LogP contribution in [0.2, 0.25) is 0 Å². The first-order valence-electron chi connectivity index (χ1n) is 4.19. The van der Waals surface area contributed by atoms with Crippen molar-refractivity contribution < 1.29 is 4.79 Å². The summed E-state index contributed by atoms with van der Waals surface area (Å²) in [6.45, 7) is 0. The average molecular weight is 190 g/mol. The first kappa shape index (κ1) is 8.55. The Hall–Kier alpha value is -2.04. The van der Waals surface area contributed by atoms with Gasteiger partial charge < -0.3 is 11.1 Å². The molecule has 0 atom stereocenters. The molecule has 2 rings (SSSR count). The van der Waals surface area contributed by atoms with E-state index in [9.17, 15) is 4.79 Å². The molecular formula is C9H10N4O. The van der Waals surface area contributed by atoms with E-state index < -0.39 is 0 Å². The van der Waals surface area contributed by atoms with Gasteiger partial charge in [0, 0.05) is 7.05 Å². The van der Waals surface area contributed by atoms with Gasteiger partial charge in [-0.25, -0.2) is 14.3 Å². The number of nitrogens with zero attached hydrogens (tertiary/aromatic N) is 2. The molecule has 3 N–H and O–H groups in total. The van der Waals surface area contributed by atoms with Crippen LogP contribution in [0, 0.1) is 0 Å². The third-order valence-corrected chi connectivity index (χ3v) is 2.00. The SMILES string of the molecule is CNC(=O)n1c(N)nc2ccccc21. The van der Waals surface area contributed by atoms with Gasteiger partial charge in [-0.1, -0.05) is 12.1 Å². The van der Waals surface area contributed by atoms with Crippen molar-refractivity contribution in [2.45, 2.75) is 0 Å². The van der Waals surface area contributed by atoms with Gasteiger partial charge in [-0.2, -0.15) is 0 Å². The molecule has 72 valence electrons. The number of para-hydroxylation sites is 2. The molecule has 0 bridgehead atoms. The van der Waals surface area contributed by atoms with Gasteiger partial charge in [-0.3, -0.25) is 0 Å². The van der Waals surface area contributed by atoms with E-state index >= 15 is 0 Å². The number of hydrogen-bond donors (Lipinski definition) is 2. The van der Waals surface area contributed by atoms with Crippen molar-refractivity contribution in [1.82, 2.24) is 14.9 Å². The highest BCUT2D eigenvalue weighted by Crippen LogP contribution is 2.16. The maximum absolute atomic E-state index is 11.4. The number of nitrogen functional groups attached to an aromatic ring is 1. The summed E-state index contributed by atoms with van der Waals surface area (Å²) in [6.07, 6.45) is 0. The summed E-state index contributed by atoms with van der Waals surface area (Å²) in [4.78, 5) is 15.5. The molecule has 0 aliphatic heterocycles. The van der Waals surface area contributed by atoms with Gasteiger partial charge in [-0.05, 0) is 12.1 Å². The molecule has 0 saturated carbocycles. The van der Waals surface area contributed by atoms with Gasteiger partial charge in [0.2, 0.25) is 5.95 Å². The summed E-state index contributed by atoms with van der Waals surface area (Å²) in [6, 6.07) is 7.02.